The van der Waals surface area contributed by atoms with Gasteiger partial charge in [-0.15, -0.1) is 0 Å². The minimum atomic E-state index is -3.78. The van der Waals surface area contributed by atoms with Gasteiger partial charge in [0.15, 0.2) is 0 Å². The Kier molecular flexibility index (Phi) is 5.27. The van der Waals surface area contributed by atoms with Crippen LogP contribution in [0.2, 0.25) is 0 Å². The number of carbonyl (C=O) groups excluding carboxylic acids is 1. The van der Waals surface area contributed by atoms with Crippen molar-refractivity contribution in [1.29, 1.82) is 0 Å². The van der Waals surface area contributed by atoms with E-state index in [1.165, 1.54) is 10.4 Å². The van der Waals surface area contributed by atoms with Crippen molar-refractivity contribution < 1.29 is 17.9 Å². The molecule has 0 aromatic heterocycles. The van der Waals surface area contributed by atoms with E-state index < -0.39 is 21.1 Å². The Morgan fingerprint density at radius 2 is 1.96 bits per heavy atom. The third-order valence-corrected chi connectivity index (χ3v) is 7.33. The van der Waals surface area contributed by atoms with E-state index in [1.54, 1.807) is 25.3 Å². The van der Waals surface area contributed by atoms with Gasteiger partial charge >= 0.3 is 0 Å². The SMILES string of the molecule is C=CC(=O)NC1CC(C)(C)N(S(=O)(=O)c2ccc(OC)c(C)c2)C1(C)C. The number of hydrogen-bond acceptors (Lipinski definition) is 4. The second-order valence-corrected chi connectivity index (χ2v) is 9.62. The summed E-state index contributed by atoms with van der Waals surface area (Å²) < 4.78 is 33.7. The number of rotatable bonds is 5. The van der Waals surface area contributed by atoms with Crippen molar-refractivity contribution in [3.63, 3.8) is 0 Å². The summed E-state index contributed by atoms with van der Waals surface area (Å²) in [6.07, 6.45) is 1.71. The number of methoxy groups -OCH3 is 1. The van der Waals surface area contributed by atoms with Crippen LogP contribution < -0.4 is 10.1 Å². The number of nitrogens with one attached hydrogen (secondary N) is 1. The van der Waals surface area contributed by atoms with Crippen LogP contribution in [0.25, 0.3) is 0 Å². The molecule has 7 heteroatoms. The molecule has 1 aliphatic heterocycles. The average molecular weight is 381 g/mol. The molecule has 2 rings (SSSR count). The van der Waals surface area contributed by atoms with Crippen LogP contribution in [-0.2, 0) is 14.8 Å². The first-order valence-electron chi connectivity index (χ1n) is 8.51. The molecule has 0 bridgehead atoms. The average Bonchev–Trinajstić information content (AvgIpc) is 2.71. The van der Waals surface area contributed by atoms with Crippen molar-refractivity contribution in [1.82, 2.24) is 9.62 Å². The predicted octanol–water partition coefficient (Wildman–Crippen LogP) is 2.63. The molecule has 1 aliphatic rings. The summed E-state index contributed by atoms with van der Waals surface area (Å²) in [5, 5.41) is 2.87. The first-order chi connectivity index (χ1) is 11.9. The maximum atomic E-state index is 13.5. The number of aryl methyl sites for hydroxylation is 1. The lowest BCUT2D eigenvalue weighted by Gasteiger charge is -2.40. The molecule has 1 aromatic rings. The van der Waals surface area contributed by atoms with E-state index in [9.17, 15) is 13.2 Å². The smallest absolute Gasteiger partial charge is 0.244 e. The van der Waals surface area contributed by atoms with Gasteiger partial charge in [-0.2, -0.15) is 4.31 Å². The third-order valence-electron chi connectivity index (χ3n) is 5.04. The molecule has 26 heavy (non-hydrogen) atoms. The lowest BCUT2D eigenvalue weighted by molar-refractivity contribution is -0.117. The summed E-state index contributed by atoms with van der Waals surface area (Å²) in [6, 6.07) is 4.52. The van der Waals surface area contributed by atoms with Gasteiger partial charge in [0, 0.05) is 11.6 Å². The topological polar surface area (TPSA) is 75.7 Å². The molecule has 0 spiro atoms. The molecule has 1 unspecified atom stereocenters. The van der Waals surface area contributed by atoms with E-state index in [0.717, 1.165) is 5.56 Å². The summed E-state index contributed by atoms with van der Waals surface area (Å²) in [4.78, 5) is 12.0. The number of ether oxygens (including phenoxy) is 1. The van der Waals surface area contributed by atoms with Gasteiger partial charge in [0.25, 0.3) is 0 Å². The van der Waals surface area contributed by atoms with Crippen LogP contribution in [0.5, 0.6) is 5.75 Å². The number of hydrogen-bond donors (Lipinski definition) is 1. The Balaban J connectivity index is 2.51. The monoisotopic (exact) mass is 380 g/mol. The Morgan fingerprint density at radius 1 is 1.35 bits per heavy atom. The number of benzene rings is 1. The first-order valence-corrected chi connectivity index (χ1v) is 9.95. The van der Waals surface area contributed by atoms with E-state index in [2.05, 4.69) is 11.9 Å². The lowest BCUT2D eigenvalue weighted by Crippen LogP contribution is -2.56. The molecule has 1 aromatic carbocycles. The summed E-state index contributed by atoms with van der Waals surface area (Å²) in [7, 11) is -2.22. The molecule has 0 radical (unpaired) electrons. The molecule has 1 amide bonds. The second-order valence-electron chi connectivity index (χ2n) is 7.84. The zero-order chi connectivity index (χ0) is 19.9. The summed E-state index contributed by atoms with van der Waals surface area (Å²) in [5.74, 6) is 0.332. The molecular weight excluding hydrogens is 352 g/mol. The fourth-order valence-electron chi connectivity index (χ4n) is 3.96. The van der Waals surface area contributed by atoms with E-state index in [-0.39, 0.29) is 16.8 Å². The van der Waals surface area contributed by atoms with Gasteiger partial charge in [-0.1, -0.05) is 6.58 Å². The molecule has 0 aliphatic carbocycles. The van der Waals surface area contributed by atoms with Crippen LogP contribution in [0.4, 0.5) is 0 Å². The standard InChI is InChI=1S/C19H28N2O4S/c1-8-17(22)20-16-12-18(3,4)21(19(16,5)6)26(23,24)14-9-10-15(25-7)13(2)11-14/h8-11,16H,1,12H2,2-7H3,(H,20,22). The summed E-state index contributed by atoms with van der Waals surface area (Å²) >= 11 is 0. The Hall–Kier alpha value is -1.86. The Bertz CT molecular complexity index is 828. The zero-order valence-corrected chi connectivity index (χ0v) is 17.1. The normalized spacial score (nSPS) is 22.0. The van der Waals surface area contributed by atoms with Gasteiger partial charge in [0.05, 0.1) is 17.5 Å². The van der Waals surface area contributed by atoms with Crippen LogP contribution in [0.1, 0.15) is 39.7 Å². The molecule has 1 N–H and O–H groups in total. The Labute approximate surface area is 156 Å². The molecule has 1 saturated heterocycles. The number of carbonyl (C=O) groups is 1. The van der Waals surface area contributed by atoms with Crippen LogP contribution in [0.15, 0.2) is 35.7 Å². The van der Waals surface area contributed by atoms with E-state index >= 15 is 0 Å². The number of nitrogens with zero attached hydrogens (tertiary/aromatic N) is 1. The van der Waals surface area contributed by atoms with E-state index in [0.29, 0.717) is 12.2 Å². The molecule has 0 saturated carbocycles. The van der Waals surface area contributed by atoms with Crippen LogP contribution in [0.3, 0.4) is 0 Å². The van der Waals surface area contributed by atoms with Crippen molar-refractivity contribution in [2.75, 3.05) is 7.11 Å². The van der Waals surface area contributed by atoms with Crippen LogP contribution in [-0.4, -0.2) is 42.9 Å². The molecule has 6 nitrogen and oxygen atoms in total. The van der Waals surface area contributed by atoms with Gasteiger partial charge in [-0.3, -0.25) is 4.79 Å². The maximum Gasteiger partial charge on any atom is 0.244 e. The molecule has 1 heterocycles. The highest BCUT2D eigenvalue weighted by molar-refractivity contribution is 7.89. The van der Waals surface area contributed by atoms with Crippen molar-refractivity contribution in [2.24, 2.45) is 0 Å². The van der Waals surface area contributed by atoms with Gasteiger partial charge in [-0.05, 0) is 70.9 Å². The Morgan fingerprint density at radius 3 is 2.46 bits per heavy atom. The predicted molar refractivity (Wildman–Crippen MR) is 102 cm³/mol. The molecule has 144 valence electrons. The largest absolute Gasteiger partial charge is 0.496 e. The summed E-state index contributed by atoms with van der Waals surface area (Å²) in [6.45, 7) is 12.7. The van der Waals surface area contributed by atoms with Gasteiger partial charge in [-0.25, -0.2) is 8.42 Å². The maximum absolute atomic E-state index is 13.5. The van der Waals surface area contributed by atoms with Gasteiger partial charge in [0.1, 0.15) is 5.75 Å². The summed E-state index contributed by atoms with van der Waals surface area (Å²) in [5.41, 5.74) is -0.704. The number of amides is 1. The van der Waals surface area contributed by atoms with Crippen molar-refractivity contribution >= 4 is 15.9 Å². The van der Waals surface area contributed by atoms with E-state index in [4.69, 9.17) is 4.74 Å². The van der Waals surface area contributed by atoms with Crippen molar-refractivity contribution in [3.8, 4) is 5.75 Å². The fraction of sp³-hybridized carbons (Fsp3) is 0.526. The highest BCUT2D eigenvalue weighted by Gasteiger charge is 2.57. The quantitative estimate of drug-likeness (QED) is 0.797. The minimum absolute atomic E-state index is 0.215. The fourth-order valence-corrected chi connectivity index (χ4v) is 6.21. The van der Waals surface area contributed by atoms with Crippen molar-refractivity contribution in [3.05, 3.63) is 36.4 Å². The zero-order valence-electron chi connectivity index (χ0n) is 16.3. The second kappa shape index (κ2) is 6.70. The lowest BCUT2D eigenvalue weighted by atomic mass is 9.94. The minimum Gasteiger partial charge on any atom is -0.496 e. The molecular formula is C19H28N2O4S. The van der Waals surface area contributed by atoms with Crippen LogP contribution >= 0.6 is 0 Å². The molecule has 1 fully saturated rings. The third kappa shape index (κ3) is 3.38. The van der Waals surface area contributed by atoms with Gasteiger partial charge < -0.3 is 10.1 Å². The highest BCUT2D eigenvalue weighted by atomic mass is 32.2. The van der Waals surface area contributed by atoms with Crippen LogP contribution in [0, 0.1) is 6.92 Å². The highest BCUT2D eigenvalue weighted by Crippen LogP contribution is 2.45. The van der Waals surface area contributed by atoms with Crippen molar-refractivity contribution in [2.45, 2.75) is 63.1 Å². The van der Waals surface area contributed by atoms with E-state index in [1.807, 2.05) is 34.6 Å². The number of sulfonamides is 1. The van der Waals surface area contributed by atoms with Gasteiger partial charge in [0.2, 0.25) is 15.9 Å². The molecule has 1 atom stereocenters. The first kappa shape index (κ1) is 20.5.